The van der Waals surface area contributed by atoms with Crippen LogP contribution in [0, 0.1) is 0 Å². The van der Waals surface area contributed by atoms with Gasteiger partial charge in [0.1, 0.15) is 17.3 Å². The van der Waals surface area contributed by atoms with Gasteiger partial charge in [-0.2, -0.15) is 0 Å². The number of thiophene rings is 1. The van der Waals surface area contributed by atoms with Crippen molar-refractivity contribution in [3.05, 3.63) is 16.8 Å². The van der Waals surface area contributed by atoms with Crippen molar-refractivity contribution in [2.45, 2.75) is 70.3 Å². The second-order valence-electron chi connectivity index (χ2n) is 8.78. The summed E-state index contributed by atoms with van der Waals surface area (Å²) in [4.78, 5) is 14.0. The summed E-state index contributed by atoms with van der Waals surface area (Å²) >= 11 is 1.72. The average molecular weight is 404 g/mol. The van der Waals surface area contributed by atoms with Gasteiger partial charge >= 0.3 is 0 Å². The number of aromatic nitrogens is 2. The van der Waals surface area contributed by atoms with Crippen LogP contribution in [0.25, 0.3) is 10.2 Å². The average Bonchev–Trinajstić information content (AvgIpc) is 3.07. The molecule has 2 aliphatic heterocycles. The molecule has 28 heavy (non-hydrogen) atoms. The van der Waals surface area contributed by atoms with E-state index in [4.69, 9.17) is 14.2 Å². The van der Waals surface area contributed by atoms with Gasteiger partial charge in [-0.3, -0.25) is 4.90 Å². The Balaban J connectivity index is 1.31. The lowest BCUT2D eigenvalue weighted by Gasteiger charge is -2.38. The van der Waals surface area contributed by atoms with Crippen molar-refractivity contribution >= 4 is 21.6 Å². The molecular formula is C21H29N3O3S. The fourth-order valence-electron chi connectivity index (χ4n) is 4.77. The molecule has 6 nitrogen and oxygen atoms in total. The molecule has 1 saturated carbocycles. The maximum Gasteiger partial charge on any atom is 0.225 e. The van der Waals surface area contributed by atoms with Gasteiger partial charge in [0.2, 0.25) is 5.88 Å². The molecule has 0 aromatic carbocycles. The molecule has 0 bridgehead atoms. The van der Waals surface area contributed by atoms with Crippen LogP contribution < -0.4 is 4.74 Å². The first-order valence-electron chi connectivity index (χ1n) is 10.5. The van der Waals surface area contributed by atoms with Crippen molar-refractivity contribution in [3.63, 3.8) is 0 Å². The van der Waals surface area contributed by atoms with Crippen molar-refractivity contribution in [3.8, 4) is 5.88 Å². The van der Waals surface area contributed by atoms with Gasteiger partial charge in [-0.15, -0.1) is 11.3 Å². The Hall–Kier alpha value is -1.28. The summed E-state index contributed by atoms with van der Waals surface area (Å²) in [5, 5.41) is 1.12. The Morgan fingerprint density at radius 1 is 1.14 bits per heavy atom. The van der Waals surface area contributed by atoms with Crippen LogP contribution in [-0.4, -0.2) is 58.9 Å². The van der Waals surface area contributed by atoms with Crippen molar-refractivity contribution in [1.82, 2.24) is 14.9 Å². The molecule has 0 spiro atoms. The van der Waals surface area contributed by atoms with E-state index in [9.17, 15) is 0 Å². The fraction of sp³-hybridized carbons (Fsp3) is 0.714. The first kappa shape index (κ1) is 18.7. The lowest BCUT2D eigenvalue weighted by molar-refractivity contribution is -0.0379. The van der Waals surface area contributed by atoms with E-state index in [1.54, 1.807) is 17.7 Å². The van der Waals surface area contributed by atoms with Crippen LogP contribution in [-0.2, 0) is 22.5 Å². The third-order valence-electron chi connectivity index (χ3n) is 6.32. The highest BCUT2D eigenvalue weighted by molar-refractivity contribution is 7.18. The summed E-state index contributed by atoms with van der Waals surface area (Å²) in [6, 6.07) is 0.682. The summed E-state index contributed by atoms with van der Waals surface area (Å²) in [6.07, 6.45) is 7.35. The summed E-state index contributed by atoms with van der Waals surface area (Å²) < 4.78 is 18.0. The van der Waals surface area contributed by atoms with Crippen LogP contribution in [0.15, 0.2) is 6.33 Å². The van der Waals surface area contributed by atoms with Gasteiger partial charge in [-0.1, -0.05) is 0 Å². The van der Waals surface area contributed by atoms with Crippen molar-refractivity contribution in [2.24, 2.45) is 0 Å². The molecule has 2 fully saturated rings. The predicted molar refractivity (Wildman–Crippen MR) is 109 cm³/mol. The van der Waals surface area contributed by atoms with Crippen molar-refractivity contribution < 1.29 is 14.2 Å². The standard InChI is InChI=1S/C21H29N3O3S/c1-21(2)11-16-17(12-26-21)28-20-18(16)19(22-13-23-20)27-15-5-3-14(4-6-15)24-7-9-25-10-8-24/h13-15H,3-12H2,1-2H3. The highest BCUT2D eigenvalue weighted by atomic mass is 32.1. The Bertz CT molecular complexity index is 839. The number of hydrogen-bond acceptors (Lipinski definition) is 7. The van der Waals surface area contributed by atoms with Crippen LogP contribution in [0.2, 0.25) is 0 Å². The molecule has 2 aromatic heterocycles. The molecule has 4 heterocycles. The maximum absolute atomic E-state index is 6.47. The number of hydrogen-bond donors (Lipinski definition) is 0. The zero-order valence-corrected chi connectivity index (χ0v) is 17.6. The van der Waals surface area contributed by atoms with E-state index in [0.29, 0.717) is 12.6 Å². The lowest BCUT2D eigenvalue weighted by atomic mass is 9.91. The minimum absolute atomic E-state index is 0.148. The molecular weight excluding hydrogens is 374 g/mol. The van der Waals surface area contributed by atoms with Gasteiger partial charge in [0.15, 0.2) is 0 Å². The SMILES string of the molecule is CC1(C)Cc2c(sc3ncnc(OC4CCC(N5CCOCC5)CC4)c23)CO1. The Morgan fingerprint density at radius 2 is 1.93 bits per heavy atom. The Morgan fingerprint density at radius 3 is 2.71 bits per heavy atom. The van der Waals surface area contributed by atoms with E-state index in [0.717, 1.165) is 61.7 Å². The summed E-state index contributed by atoms with van der Waals surface area (Å²) in [5.74, 6) is 0.773. The molecule has 152 valence electrons. The van der Waals surface area contributed by atoms with Crippen LogP contribution in [0.4, 0.5) is 0 Å². The Labute approximate surface area is 170 Å². The molecule has 2 aromatic rings. The molecule has 0 unspecified atom stereocenters. The lowest BCUT2D eigenvalue weighted by Crippen LogP contribution is -2.46. The largest absolute Gasteiger partial charge is 0.474 e. The molecule has 5 rings (SSSR count). The van der Waals surface area contributed by atoms with E-state index >= 15 is 0 Å². The smallest absolute Gasteiger partial charge is 0.225 e. The number of ether oxygens (including phenoxy) is 3. The summed E-state index contributed by atoms with van der Waals surface area (Å²) in [6.45, 7) is 8.85. The molecule has 3 aliphatic rings. The van der Waals surface area contributed by atoms with Gasteiger partial charge in [-0.05, 0) is 45.1 Å². The molecule has 0 amide bonds. The second kappa shape index (κ2) is 7.52. The minimum Gasteiger partial charge on any atom is -0.474 e. The van der Waals surface area contributed by atoms with Gasteiger partial charge in [0.05, 0.1) is 30.8 Å². The number of rotatable bonds is 3. The van der Waals surface area contributed by atoms with Gasteiger partial charge in [0, 0.05) is 30.4 Å². The van der Waals surface area contributed by atoms with E-state index in [2.05, 4.69) is 28.7 Å². The molecule has 0 atom stereocenters. The van der Waals surface area contributed by atoms with Crippen molar-refractivity contribution in [1.29, 1.82) is 0 Å². The molecule has 0 radical (unpaired) electrons. The first-order chi connectivity index (χ1) is 13.6. The zero-order valence-electron chi connectivity index (χ0n) is 16.8. The molecule has 0 N–H and O–H groups in total. The molecule has 1 saturated heterocycles. The fourth-order valence-corrected chi connectivity index (χ4v) is 5.83. The normalized spacial score (nSPS) is 28.2. The van der Waals surface area contributed by atoms with Crippen LogP contribution in [0.3, 0.4) is 0 Å². The number of morpholine rings is 1. The second-order valence-corrected chi connectivity index (χ2v) is 9.87. The Kier molecular flexibility index (Phi) is 5.03. The number of nitrogens with zero attached hydrogens (tertiary/aromatic N) is 3. The van der Waals surface area contributed by atoms with E-state index in [-0.39, 0.29) is 11.7 Å². The van der Waals surface area contributed by atoms with Gasteiger partial charge in [0.25, 0.3) is 0 Å². The van der Waals surface area contributed by atoms with E-state index in [1.807, 2.05) is 0 Å². The quantitative estimate of drug-likeness (QED) is 0.781. The van der Waals surface area contributed by atoms with Crippen LogP contribution in [0.5, 0.6) is 5.88 Å². The van der Waals surface area contributed by atoms with Gasteiger partial charge in [-0.25, -0.2) is 9.97 Å². The topological polar surface area (TPSA) is 56.7 Å². The van der Waals surface area contributed by atoms with Crippen molar-refractivity contribution in [2.75, 3.05) is 26.3 Å². The predicted octanol–water partition coefficient (Wildman–Crippen LogP) is 3.56. The first-order valence-corrected chi connectivity index (χ1v) is 11.3. The zero-order chi connectivity index (χ0) is 19.1. The summed E-state index contributed by atoms with van der Waals surface area (Å²) in [7, 11) is 0. The third-order valence-corrected chi connectivity index (χ3v) is 7.43. The minimum atomic E-state index is -0.148. The van der Waals surface area contributed by atoms with E-state index < -0.39 is 0 Å². The summed E-state index contributed by atoms with van der Waals surface area (Å²) in [5.41, 5.74) is 1.18. The highest BCUT2D eigenvalue weighted by Crippen LogP contribution is 2.41. The van der Waals surface area contributed by atoms with Gasteiger partial charge < -0.3 is 14.2 Å². The molecule has 1 aliphatic carbocycles. The number of fused-ring (bicyclic) bond motifs is 3. The van der Waals surface area contributed by atoms with Crippen LogP contribution >= 0.6 is 11.3 Å². The highest BCUT2D eigenvalue weighted by Gasteiger charge is 2.32. The monoisotopic (exact) mass is 403 g/mol. The molecule has 7 heteroatoms. The van der Waals surface area contributed by atoms with Crippen LogP contribution in [0.1, 0.15) is 50.0 Å². The maximum atomic E-state index is 6.47. The third kappa shape index (κ3) is 3.65. The van der Waals surface area contributed by atoms with E-state index in [1.165, 1.54) is 23.3 Å².